The topological polar surface area (TPSA) is 104 Å². The number of likely N-dealkylation sites (tertiary alicyclic amines) is 1. The van der Waals surface area contributed by atoms with Crippen LogP contribution in [0, 0.1) is 11.7 Å². The molecule has 3 rings (SSSR count). The van der Waals surface area contributed by atoms with Gasteiger partial charge in [0.2, 0.25) is 0 Å². The molecule has 172 valence electrons. The molecule has 1 heterocycles. The van der Waals surface area contributed by atoms with Crippen LogP contribution in [0.3, 0.4) is 0 Å². The Balaban J connectivity index is 0.00000176. The molecule has 7 nitrogen and oxygen atoms in total. The van der Waals surface area contributed by atoms with E-state index in [1.54, 1.807) is 29.2 Å². The van der Waals surface area contributed by atoms with Crippen LogP contribution in [-0.2, 0) is 16.0 Å². The maximum Gasteiger partial charge on any atom is 0.303 e. The molecule has 2 N–H and O–H groups in total. The lowest BCUT2D eigenvalue weighted by Crippen LogP contribution is -2.42. The Morgan fingerprint density at radius 2 is 1.59 bits per heavy atom. The SMILES string of the molecule is CO.O=C(O)CCc1ccc(OCC(=O)N2CCC(C(=O)c3ccc(F)cc3)CC2)cc1. The molecule has 2 aromatic carbocycles. The fraction of sp³-hybridized carbons (Fsp3) is 0.375. The van der Waals surface area contributed by atoms with Crippen LogP contribution in [-0.4, -0.2) is 59.6 Å². The number of carboxylic acids is 1. The number of amides is 1. The molecule has 0 bridgehead atoms. The number of ketones is 1. The molecule has 0 saturated carbocycles. The molecule has 0 aliphatic carbocycles. The van der Waals surface area contributed by atoms with Crippen molar-refractivity contribution < 1.29 is 33.7 Å². The Bertz CT molecular complexity index is 890. The van der Waals surface area contributed by atoms with Gasteiger partial charge in [0.05, 0.1) is 0 Å². The molecule has 0 unspecified atom stereocenters. The van der Waals surface area contributed by atoms with Gasteiger partial charge in [0, 0.05) is 38.1 Å². The molecule has 1 amide bonds. The highest BCUT2D eigenvalue weighted by atomic mass is 19.1. The van der Waals surface area contributed by atoms with Gasteiger partial charge in [-0.2, -0.15) is 0 Å². The number of aliphatic hydroxyl groups excluding tert-OH is 1. The van der Waals surface area contributed by atoms with E-state index in [1.807, 2.05) is 0 Å². The van der Waals surface area contributed by atoms with Crippen LogP contribution in [0.15, 0.2) is 48.5 Å². The lowest BCUT2D eigenvalue weighted by atomic mass is 9.89. The van der Waals surface area contributed by atoms with Gasteiger partial charge < -0.3 is 19.8 Å². The summed E-state index contributed by atoms with van der Waals surface area (Å²) in [7, 11) is 1.00. The monoisotopic (exact) mass is 445 g/mol. The summed E-state index contributed by atoms with van der Waals surface area (Å²) in [6.07, 6.45) is 1.65. The zero-order chi connectivity index (χ0) is 23.5. The number of nitrogens with zero attached hydrogens (tertiary/aromatic N) is 1. The van der Waals surface area contributed by atoms with Crippen molar-refractivity contribution in [2.75, 3.05) is 26.8 Å². The summed E-state index contributed by atoms with van der Waals surface area (Å²) in [5, 5.41) is 15.7. The van der Waals surface area contributed by atoms with E-state index in [-0.39, 0.29) is 36.5 Å². The number of carboxylic acid groups (broad SMARTS) is 1. The first-order valence-corrected chi connectivity index (χ1v) is 10.4. The van der Waals surface area contributed by atoms with Gasteiger partial charge in [-0.05, 0) is 61.2 Å². The van der Waals surface area contributed by atoms with Gasteiger partial charge in [0.15, 0.2) is 12.4 Å². The summed E-state index contributed by atoms with van der Waals surface area (Å²) in [5.74, 6) is -0.993. The highest BCUT2D eigenvalue weighted by molar-refractivity contribution is 5.98. The van der Waals surface area contributed by atoms with Crippen molar-refractivity contribution in [2.24, 2.45) is 5.92 Å². The van der Waals surface area contributed by atoms with Crippen molar-refractivity contribution in [1.82, 2.24) is 4.90 Å². The minimum Gasteiger partial charge on any atom is -0.484 e. The second-order valence-corrected chi connectivity index (χ2v) is 7.35. The zero-order valence-corrected chi connectivity index (χ0v) is 18.0. The van der Waals surface area contributed by atoms with E-state index in [2.05, 4.69) is 0 Å². The van der Waals surface area contributed by atoms with Crippen molar-refractivity contribution >= 4 is 17.7 Å². The molecule has 1 aliphatic rings. The number of halogens is 1. The number of aryl methyl sites for hydroxylation is 1. The average Bonchev–Trinajstić information content (AvgIpc) is 2.83. The van der Waals surface area contributed by atoms with E-state index in [9.17, 15) is 18.8 Å². The third kappa shape index (κ3) is 7.46. The number of aliphatic hydroxyl groups is 1. The molecule has 1 saturated heterocycles. The van der Waals surface area contributed by atoms with Crippen LogP contribution in [0.4, 0.5) is 4.39 Å². The van der Waals surface area contributed by atoms with E-state index in [1.165, 1.54) is 24.3 Å². The minimum atomic E-state index is -0.843. The molecule has 8 heteroatoms. The van der Waals surface area contributed by atoms with Gasteiger partial charge in [-0.3, -0.25) is 14.4 Å². The quantitative estimate of drug-likeness (QED) is 0.606. The van der Waals surface area contributed by atoms with Crippen LogP contribution in [0.25, 0.3) is 0 Å². The number of piperidine rings is 1. The number of carbonyl (C=O) groups is 3. The van der Waals surface area contributed by atoms with Crippen molar-refractivity contribution in [3.63, 3.8) is 0 Å². The van der Waals surface area contributed by atoms with Gasteiger partial charge in [0.25, 0.3) is 5.91 Å². The highest BCUT2D eigenvalue weighted by Gasteiger charge is 2.28. The van der Waals surface area contributed by atoms with Gasteiger partial charge in [-0.1, -0.05) is 12.1 Å². The normalized spacial score (nSPS) is 13.7. The van der Waals surface area contributed by atoms with Gasteiger partial charge in [0.1, 0.15) is 11.6 Å². The van der Waals surface area contributed by atoms with Crippen LogP contribution in [0.2, 0.25) is 0 Å². The lowest BCUT2D eigenvalue weighted by Gasteiger charge is -2.31. The van der Waals surface area contributed by atoms with Crippen molar-refractivity contribution in [3.05, 3.63) is 65.5 Å². The predicted octanol–water partition coefficient (Wildman–Crippen LogP) is 2.95. The summed E-state index contributed by atoms with van der Waals surface area (Å²) in [6.45, 7) is 0.868. The molecule has 0 radical (unpaired) electrons. The second kappa shape index (κ2) is 12.6. The molecule has 0 aromatic heterocycles. The minimum absolute atomic E-state index is 0.0127. The Morgan fingerprint density at radius 3 is 2.16 bits per heavy atom. The zero-order valence-electron chi connectivity index (χ0n) is 18.0. The third-order valence-corrected chi connectivity index (χ3v) is 5.26. The smallest absolute Gasteiger partial charge is 0.303 e. The van der Waals surface area contributed by atoms with Crippen LogP contribution in [0.1, 0.15) is 35.2 Å². The lowest BCUT2D eigenvalue weighted by molar-refractivity contribution is -0.137. The summed E-state index contributed by atoms with van der Waals surface area (Å²) in [6, 6.07) is 12.6. The maximum atomic E-state index is 13.0. The molecule has 1 fully saturated rings. The van der Waals surface area contributed by atoms with Gasteiger partial charge in [-0.25, -0.2) is 4.39 Å². The molecule has 32 heavy (non-hydrogen) atoms. The second-order valence-electron chi connectivity index (χ2n) is 7.35. The molecular weight excluding hydrogens is 417 g/mol. The molecule has 1 aliphatic heterocycles. The fourth-order valence-electron chi connectivity index (χ4n) is 3.48. The summed E-state index contributed by atoms with van der Waals surface area (Å²) in [4.78, 5) is 37.2. The van der Waals surface area contributed by atoms with Crippen molar-refractivity contribution in [2.45, 2.75) is 25.7 Å². The maximum absolute atomic E-state index is 13.0. The van der Waals surface area contributed by atoms with E-state index in [0.29, 0.717) is 43.7 Å². The Kier molecular flexibility index (Phi) is 9.81. The standard InChI is InChI=1S/C23H24FNO5.CH4O/c24-19-6-4-17(5-7-19)23(29)18-11-13-25(14-12-18)21(26)15-30-20-8-1-16(2-9-20)3-10-22(27)28;1-2/h1-2,4-9,18H,3,10-15H2,(H,27,28);2H,1H3. The highest BCUT2D eigenvalue weighted by Crippen LogP contribution is 2.22. The Hall–Kier alpha value is -3.26. The predicted molar refractivity (Wildman–Crippen MR) is 116 cm³/mol. The first-order valence-electron chi connectivity index (χ1n) is 10.4. The van der Waals surface area contributed by atoms with E-state index >= 15 is 0 Å². The number of carbonyl (C=O) groups excluding carboxylic acids is 2. The van der Waals surface area contributed by atoms with Crippen molar-refractivity contribution in [3.8, 4) is 5.75 Å². The van der Waals surface area contributed by atoms with E-state index in [4.69, 9.17) is 14.9 Å². The Labute approximate surface area is 186 Å². The fourth-order valence-corrected chi connectivity index (χ4v) is 3.48. The van der Waals surface area contributed by atoms with Crippen LogP contribution < -0.4 is 4.74 Å². The summed E-state index contributed by atoms with van der Waals surface area (Å²) in [5.41, 5.74) is 1.39. The van der Waals surface area contributed by atoms with Gasteiger partial charge in [-0.15, -0.1) is 0 Å². The number of rotatable bonds is 8. The largest absolute Gasteiger partial charge is 0.484 e. The van der Waals surface area contributed by atoms with E-state index in [0.717, 1.165) is 12.7 Å². The summed E-state index contributed by atoms with van der Waals surface area (Å²) < 4.78 is 18.6. The average molecular weight is 445 g/mol. The number of ether oxygens (including phenoxy) is 1. The third-order valence-electron chi connectivity index (χ3n) is 5.26. The molecular formula is C24H28FNO6. The Morgan fingerprint density at radius 1 is 1.00 bits per heavy atom. The molecule has 0 atom stereocenters. The number of aliphatic carboxylic acids is 1. The van der Waals surface area contributed by atoms with E-state index < -0.39 is 5.97 Å². The first kappa shape index (κ1) is 25.0. The molecule has 0 spiro atoms. The summed E-state index contributed by atoms with van der Waals surface area (Å²) >= 11 is 0. The first-order chi connectivity index (χ1) is 15.4. The number of hydrogen-bond acceptors (Lipinski definition) is 5. The number of benzene rings is 2. The van der Waals surface area contributed by atoms with Crippen LogP contribution >= 0.6 is 0 Å². The van der Waals surface area contributed by atoms with Crippen molar-refractivity contribution in [1.29, 1.82) is 0 Å². The molecule has 2 aromatic rings. The van der Waals surface area contributed by atoms with Crippen LogP contribution in [0.5, 0.6) is 5.75 Å². The van der Waals surface area contributed by atoms with Gasteiger partial charge >= 0.3 is 5.97 Å². The number of Topliss-reactive ketones (excluding diaryl/α,β-unsaturated/α-hetero) is 1. The number of hydrogen-bond donors (Lipinski definition) is 2.